The summed E-state index contributed by atoms with van der Waals surface area (Å²) in [6.45, 7) is 6.64. The molecule has 1 aliphatic rings. The molecule has 3 aromatic rings. The Kier molecular flexibility index (Phi) is 5.25. The highest BCUT2D eigenvalue weighted by Gasteiger charge is 2.28. The lowest BCUT2D eigenvalue weighted by Gasteiger charge is -2.23. The number of hydrogen-bond acceptors (Lipinski definition) is 7. The second-order valence-corrected chi connectivity index (χ2v) is 7.45. The standard InChI is InChI=1S/C19H23N9O2/c1-11(2)14-10-15(28(26-14)19-20-7-5-8-21-19)23-18(30)17(29)22-13-6-4-9-27-12(3)24-25-16(13)27/h5,7-8,10-11,13H,4,6,9H2,1-3H3,(H,22,29)(H,23,30). The summed E-state index contributed by atoms with van der Waals surface area (Å²) in [5.41, 5.74) is 0.744. The third-order valence-corrected chi connectivity index (χ3v) is 4.97. The fourth-order valence-electron chi connectivity index (χ4n) is 3.37. The van der Waals surface area contributed by atoms with Crippen LogP contribution in [0.3, 0.4) is 0 Å². The van der Waals surface area contributed by atoms with E-state index in [1.807, 2.05) is 25.3 Å². The molecule has 4 rings (SSSR count). The van der Waals surface area contributed by atoms with Gasteiger partial charge in [-0.2, -0.15) is 9.78 Å². The quantitative estimate of drug-likeness (QED) is 0.620. The molecule has 2 amide bonds. The van der Waals surface area contributed by atoms with Gasteiger partial charge in [0.1, 0.15) is 11.6 Å². The van der Waals surface area contributed by atoms with Gasteiger partial charge in [0, 0.05) is 25.0 Å². The van der Waals surface area contributed by atoms with Gasteiger partial charge >= 0.3 is 11.8 Å². The first-order valence-corrected chi connectivity index (χ1v) is 9.83. The molecule has 0 aliphatic carbocycles. The molecular formula is C19H23N9O2. The molecule has 0 aromatic carbocycles. The molecule has 2 N–H and O–H groups in total. The van der Waals surface area contributed by atoms with Gasteiger partial charge in [-0.25, -0.2) is 9.97 Å². The predicted octanol–water partition coefficient (Wildman–Crippen LogP) is 1.28. The van der Waals surface area contributed by atoms with Crippen LogP contribution in [0.15, 0.2) is 24.5 Å². The van der Waals surface area contributed by atoms with Gasteiger partial charge in [-0.15, -0.1) is 10.2 Å². The third-order valence-electron chi connectivity index (χ3n) is 4.97. The summed E-state index contributed by atoms with van der Waals surface area (Å²) in [5.74, 6) is 0.670. The highest BCUT2D eigenvalue weighted by Crippen LogP contribution is 2.24. The van der Waals surface area contributed by atoms with Crippen LogP contribution in [0.25, 0.3) is 5.95 Å². The lowest BCUT2D eigenvalue weighted by Crippen LogP contribution is -2.40. The number of aromatic nitrogens is 7. The number of fused-ring (bicyclic) bond motifs is 1. The zero-order valence-electron chi connectivity index (χ0n) is 17.0. The third kappa shape index (κ3) is 3.78. The Morgan fingerprint density at radius 1 is 1.17 bits per heavy atom. The maximum Gasteiger partial charge on any atom is 0.314 e. The normalized spacial score (nSPS) is 15.7. The van der Waals surface area contributed by atoms with Gasteiger partial charge < -0.3 is 15.2 Å². The van der Waals surface area contributed by atoms with Gasteiger partial charge in [0.05, 0.1) is 11.7 Å². The molecule has 3 aromatic heterocycles. The largest absolute Gasteiger partial charge is 0.338 e. The minimum atomic E-state index is -0.796. The van der Waals surface area contributed by atoms with E-state index in [4.69, 9.17) is 0 Å². The smallest absolute Gasteiger partial charge is 0.314 e. The average molecular weight is 409 g/mol. The molecule has 156 valence electrons. The Bertz CT molecular complexity index is 1070. The van der Waals surface area contributed by atoms with Crippen molar-refractivity contribution >= 4 is 17.6 Å². The highest BCUT2D eigenvalue weighted by molar-refractivity contribution is 6.39. The minimum Gasteiger partial charge on any atom is -0.338 e. The van der Waals surface area contributed by atoms with Crippen molar-refractivity contribution in [1.82, 2.24) is 39.8 Å². The molecule has 0 radical (unpaired) electrons. The number of nitrogens with zero attached hydrogens (tertiary/aromatic N) is 7. The fraction of sp³-hybridized carbons (Fsp3) is 0.421. The second kappa shape index (κ2) is 8.01. The van der Waals surface area contributed by atoms with Crippen molar-refractivity contribution in [2.45, 2.75) is 52.1 Å². The summed E-state index contributed by atoms with van der Waals surface area (Å²) >= 11 is 0. The van der Waals surface area contributed by atoms with Crippen molar-refractivity contribution in [1.29, 1.82) is 0 Å². The van der Waals surface area contributed by atoms with Crippen LogP contribution in [0.1, 0.15) is 56.0 Å². The van der Waals surface area contributed by atoms with Crippen molar-refractivity contribution in [3.8, 4) is 5.95 Å². The summed E-state index contributed by atoms with van der Waals surface area (Å²) in [6, 6.07) is 3.05. The average Bonchev–Trinajstić information content (AvgIpc) is 3.33. The van der Waals surface area contributed by atoms with Crippen molar-refractivity contribution in [3.05, 3.63) is 41.9 Å². The fourth-order valence-corrected chi connectivity index (χ4v) is 3.37. The number of hydrogen-bond donors (Lipinski definition) is 2. The van der Waals surface area contributed by atoms with Crippen LogP contribution in [-0.2, 0) is 16.1 Å². The summed E-state index contributed by atoms with van der Waals surface area (Å²) in [5, 5.41) is 18.1. The van der Waals surface area contributed by atoms with Crippen LogP contribution in [0.2, 0.25) is 0 Å². The van der Waals surface area contributed by atoms with Gasteiger partial charge in [0.25, 0.3) is 5.95 Å². The minimum absolute atomic E-state index is 0.122. The molecule has 0 fully saturated rings. The van der Waals surface area contributed by atoms with E-state index in [0.29, 0.717) is 24.0 Å². The first kappa shape index (κ1) is 19.7. The summed E-state index contributed by atoms with van der Waals surface area (Å²) in [7, 11) is 0. The lowest BCUT2D eigenvalue weighted by molar-refractivity contribution is -0.136. The number of rotatable bonds is 4. The molecular weight excluding hydrogens is 386 g/mol. The predicted molar refractivity (Wildman–Crippen MR) is 107 cm³/mol. The molecule has 1 aliphatic heterocycles. The molecule has 1 atom stereocenters. The summed E-state index contributed by atoms with van der Waals surface area (Å²) in [6.07, 6.45) is 4.73. The number of nitrogens with one attached hydrogen (secondary N) is 2. The van der Waals surface area contributed by atoms with Gasteiger partial charge in [-0.3, -0.25) is 9.59 Å². The Hall–Kier alpha value is -3.63. The van der Waals surface area contributed by atoms with Crippen molar-refractivity contribution < 1.29 is 9.59 Å². The van der Waals surface area contributed by atoms with Gasteiger partial charge in [0.15, 0.2) is 5.82 Å². The Balaban J connectivity index is 1.52. The zero-order chi connectivity index (χ0) is 21.3. The topological polar surface area (TPSA) is 133 Å². The first-order valence-electron chi connectivity index (χ1n) is 9.83. The van der Waals surface area contributed by atoms with Crippen LogP contribution >= 0.6 is 0 Å². The van der Waals surface area contributed by atoms with E-state index in [1.165, 1.54) is 4.68 Å². The van der Waals surface area contributed by atoms with Gasteiger partial charge in [-0.05, 0) is 31.7 Å². The number of anilines is 1. The van der Waals surface area contributed by atoms with E-state index in [-0.39, 0.29) is 12.0 Å². The maximum atomic E-state index is 12.6. The van der Waals surface area contributed by atoms with Crippen LogP contribution in [0.4, 0.5) is 5.82 Å². The van der Waals surface area contributed by atoms with Crippen LogP contribution in [-0.4, -0.2) is 46.3 Å². The first-order chi connectivity index (χ1) is 14.4. The van der Waals surface area contributed by atoms with Crippen LogP contribution < -0.4 is 10.6 Å². The molecule has 11 heteroatoms. The molecule has 0 bridgehead atoms. The highest BCUT2D eigenvalue weighted by atomic mass is 16.2. The van der Waals surface area contributed by atoms with E-state index < -0.39 is 11.8 Å². The van der Waals surface area contributed by atoms with E-state index in [9.17, 15) is 9.59 Å². The van der Waals surface area contributed by atoms with Crippen LogP contribution in [0.5, 0.6) is 0 Å². The van der Waals surface area contributed by atoms with E-state index >= 15 is 0 Å². The SMILES string of the molecule is Cc1nnc2n1CCCC2NC(=O)C(=O)Nc1cc(C(C)C)nn1-c1ncccn1. The second-order valence-electron chi connectivity index (χ2n) is 7.45. The zero-order valence-corrected chi connectivity index (χ0v) is 17.0. The monoisotopic (exact) mass is 409 g/mol. The summed E-state index contributed by atoms with van der Waals surface area (Å²) < 4.78 is 3.38. The Morgan fingerprint density at radius 3 is 2.67 bits per heavy atom. The van der Waals surface area contributed by atoms with Gasteiger partial charge in [0.2, 0.25) is 0 Å². The number of carbonyl (C=O) groups is 2. The van der Waals surface area contributed by atoms with E-state index in [1.54, 1.807) is 24.5 Å². The lowest BCUT2D eigenvalue weighted by atomic mass is 10.1. The number of aryl methyl sites for hydroxylation is 1. The molecule has 0 spiro atoms. The molecule has 0 saturated heterocycles. The molecule has 0 saturated carbocycles. The Labute approximate surface area is 172 Å². The maximum absolute atomic E-state index is 12.6. The number of amides is 2. The van der Waals surface area contributed by atoms with Crippen molar-refractivity contribution in [3.63, 3.8) is 0 Å². The van der Waals surface area contributed by atoms with Crippen molar-refractivity contribution in [2.24, 2.45) is 0 Å². The molecule has 11 nitrogen and oxygen atoms in total. The summed E-state index contributed by atoms with van der Waals surface area (Å²) in [4.78, 5) is 33.5. The van der Waals surface area contributed by atoms with Crippen molar-refractivity contribution in [2.75, 3.05) is 5.32 Å². The van der Waals surface area contributed by atoms with Gasteiger partial charge in [-0.1, -0.05) is 13.8 Å². The molecule has 1 unspecified atom stereocenters. The van der Waals surface area contributed by atoms with Crippen LogP contribution in [0, 0.1) is 6.92 Å². The van der Waals surface area contributed by atoms with E-state index in [2.05, 4.69) is 35.9 Å². The number of carbonyl (C=O) groups excluding carboxylic acids is 2. The molecule has 4 heterocycles. The molecule has 30 heavy (non-hydrogen) atoms. The Morgan fingerprint density at radius 2 is 1.93 bits per heavy atom. The van der Waals surface area contributed by atoms with E-state index in [0.717, 1.165) is 24.5 Å².